The Kier molecular flexibility index (Phi) is 2.22. The van der Waals surface area contributed by atoms with E-state index in [2.05, 4.69) is 28.2 Å². The molecule has 0 aliphatic rings. The van der Waals surface area contributed by atoms with E-state index >= 15 is 0 Å². The summed E-state index contributed by atoms with van der Waals surface area (Å²) >= 11 is 0. The van der Waals surface area contributed by atoms with Crippen LogP contribution in [0.25, 0.3) is 22.0 Å². The van der Waals surface area contributed by atoms with E-state index in [-0.39, 0.29) is 0 Å². The lowest BCUT2D eigenvalue weighted by Gasteiger charge is -2.05. The number of benzene rings is 2. The molecule has 3 nitrogen and oxygen atoms in total. The minimum absolute atomic E-state index is 0.301. The van der Waals surface area contributed by atoms with Crippen molar-refractivity contribution in [3.8, 4) is 11.3 Å². The van der Waals surface area contributed by atoms with Gasteiger partial charge < -0.3 is 5.73 Å². The van der Waals surface area contributed by atoms with Gasteiger partial charge in [-0.25, -0.2) is 9.97 Å². The van der Waals surface area contributed by atoms with Crippen molar-refractivity contribution in [2.24, 2.45) is 0 Å². The largest absolute Gasteiger partial charge is 0.368 e. The molecule has 82 valence electrons. The van der Waals surface area contributed by atoms with Crippen molar-refractivity contribution in [3.63, 3.8) is 0 Å². The maximum atomic E-state index is 5.62. The lowest BCUT2D eigenvalue weighted by Crippen LogP contribution is -1.95. The Balaban J connectivity index is 2.30. The maximum absolute atomic E-state index is 5.62. The van der Waals surface area contributed by atoms with Crippen molar-refractivity contribution in [2.75, 3.05) is 5.73 Å². The molecule has 0 aliphatic heterocycles. The second kappa shape index (κ2) is 3.87. The second-order valence-electron chi connectivity index (χ2n) is 3.83. The Hall–Kier alpha value is -2.42. The number of anilines is 1. The fourth-order valence-corrected chi connectivity index (χ4v) is 1.97. The second-order valence-corrected chi connectivity index (χ2v) is 3.83. The van der Waals surface area contributed by atoms with Crippen molar-refractivity contribution in [1.29, 1.82) is 0 Å². The van der Waals surface area contributed by atoms with E-state index < -0.39 is 0 Å². The molecule has 0 radical (unpaired) electrons. The Morgan fingerprint density at radius 1 is 0.882 bits per heavy atom. The predicted molar refractivity (Wildman–Crippen MR) is 69.4 cm³/mol. The number of hydrogen-bond donors (Lipinski definition) is 1. The Labute approximate surface area is 98.9 Å². The minimum atomic E-state index is 0.301. The highest BCUT2D eigenvalue weighted by atomic mass is 15.0. The molecular formula is C14H11N3. The Morgan fingerprint density at radius 2 is 1.71 bits per heavy atom. The molecule has 0 atom stereocenters. The molecular weight excluding hydrogens is 210 g/mol. The molecule has 3 heteroatoms. The first-order chi connectivity index (χ1) is 8.34. The van der Waals surface area contributed by atoms with Crippen LogP contribution in [-0.2, 0) is 0 Å². The average molecular weight is 221 g/mol. The highest BCUT2D eigenvalue weighted by Gasteiger charge is 2.04. The van der Waals surface area contributed by atoms with E-state index in [0.717, 1.165) is 11.3 Å². The van der Waals surface area contributed by atoms with Gasteiger partial charge in [0.1, 0.15) is 0 Å². The van der Waals surface area contributed by atoms with Crippen LogP contribution in [0.1, 0.15) is 0 Å². The highest BCUT2D eigenvalue weighted by molar-refractivity contribution is 5.95. The van der Waals surface area contributed by atoms with E-state index in [9.17, 15) is 0 Å². The summed E-state index contributed by atoms with van der Waals surface area (Å²) in [6.45, 7) is 0. The van der Waals surface area contributed by atoms with Crippen LogP contribution in [0.5, 0.6) is 0 Å². The van der Waals surface area contributed by atoms with Crippen LogP contribution < -0.4 is 5.73 Å². The van der Waals surface area contributed by atoms with E-state index in [0.29, 0.717) is 5.95 Å². The highest BCUT2D eigenvalue weighted by Crippen LogP contribution is 2.26. The molecule has 0 saturated carbocycles. The van der Waals surface area contributed by atoms with Crippen molar-refractivity contribution in [1.82, 2.24) is 9.97 Å². The predicted octanol–water partition coefficient (Wildman–Crippen LogP) is 2.88. The first kappa shape index (κ1) is 9.78. The first-order valence-electron chi connectivity index (χ1n) is 5.41. The lowest BCUT2D eigenvalue weighted by atomic mass is 10.0. The molecule has 0 fully saturated rings. The summed E-state index contributed by atoms with van der Waals surface area (Å²) in [4.78, 5) is 8.17. The molecule has 1 aromatic heterocycles. The van der Waals surface area contributed by atoms with Gasteiger partial charge in [-0.3, -0.25) is 0 Å². The van der Waals surface area contributed by atoms with E-state index in [1.54, 1.807) is 6.20 Å². The van der Waals surface area contributed by atoms with Gasteiger partial charge in [-0.1, -0.05) is 42.5 Å². The molecule has 2 aromatic carbocycles. The van der Waals surface area contributed by atoms with Gasteiger partial charge in [0.2, 0.25) is 5.95 Å². The molecule has 2 N–H and O–H groups in total. The maximum Gasteiger partial charge on any atom is 0.220 e. The SMILES string of the molecule is Nc1nccc(-c2cccc3ccccc23)n1. The van der Waals surface area contributed by atoms with Crippen molar-refractivity contribution < 1.29 is 0 Å². The number of nitrogens with two attached hydrogens (primary N) is 1. The zero-order valence-corrected chi connectivity index (χ0v) is 9.17. The zero-order chi connectivity index (χ0) is 11.7. The van der Waals surface area contributed by atoms with Gasteiger partial charge in [-0.15, -0.1) is 0 Å². The summed E-state index contributed by atoms with van der Waals surface area (Å²) in [6.07, 6.45) is 1.68. The first-order valence-corrected chi connectivity index (χ1v) is 5.41. The number of nitrogens with zero attached hydrogens (tertiary/aromatic N) is 2. The number of fused-ring (bicyclic) bond motifs is 1. The van der Waals surface area contributed by atoms with Gasteiger partial charge in [0.25, 0.3) is 0 Å². The molecule has 17 heavy (non-hydrogen) atoms. The number of nitrogen functional groups attached to an aromatic ring is 1. The summed E-state index contributed by atoms with van der Waals surface area (Å²) in [5.41, 5.74) is 7.55. The van der Waals surface area contributed by atoms with E-state index in [1.807, 2.05) is 30.3 Å². The van der Waals surface area contributed by atoms with E-state index in [1.165, 1.54) is 10.8 Å². The summed E-state index contributed by atoms with van der Waals surface area (Å²) in [7, 11) is 0. The van der Waals surface area contributed by atoms with Crippen LogP contribution in [-0.4, -0.2) is 9.97 Å². The van der Waals surface area contributed by atoms with Gasteiger partial charge in [-0.2, -0.15) is 0 Å². The monoisotopic (exact) mass is 221 g/mol. The smallest absolute Gasteiger partial charge is 0.220 e. The minimum Gasteiger partial charge on any atom is -0.368 e. The number of hydrogen-bond acceptors (Lipinski definition) is 3. The van der Waals surface area contributed by atoms with Gasteiger partial charge in [-0.05, 0) is 16.8 Å². The van der Waals surface area contributed by atoms with Crippen molar-refractivity contribution >= 4 is 16.7 Å². The van der Waals surface area contributed by atoms with Crippen LogP contribution in [0.4, 0.5) is 5.95 Å². The molecule has 1 heterocycles. The molecule has 0 saturated heterocycles. The lowest BCUT2D eigenvalue weighted by molar-refractivity contribution is 1.19. The molecule has 0 aliphatic carbocycles. The summed E-state index contributed by atoms with van der Waals surface area (Å²) < 4.78 is 0. The van der Waals surface area contributed by atoms with Crippen LogP contribution in [0.3, 0.4) is 0 Å². The quantitative estimate of drug-likeness (QED) is 0.687. The third kappa shape index (κ3) is 1.72. The molecule has 0 spiro atoms. The van der Waals surface area contributed by atoms with Crippen molar-refractivity contribution in [2.45, 2.75) is 0 Å². The van der Waals surface area contributed by atoms with Gasteiger partial charge >= 0.3 is 0 Å². The topological polar surface area (TPSA) is 51.8 Å². The van der Waals surface area contributed by atoms with Crippen LogP contribution in [0.15, 0.2) is 54.7 Å². The molecule has 0 bridgehead atoms. The van der Waals surface area contributed by atoms with Crippen LogP contribution >= 0.6 is 0 Å². The van der Waals surface area contributed by atoms with Crippen LogP contribution in [0, 0.1) is 0 Å². The van der Waals surface area contributed by atoms with E-state index in [4.69, 9.17) is 5.73 Å². The average Bonchev–Trinajstić information content (AvgIpc) is 2.38. The summed E-state index contributed by atoms with van der Waals surface area (Å²) in [5.74, 6) is 0.301. The standard InChI is InChI=1S/C14H11N3/c15-14-16-9-8-13(17-14)12-7-3-5-10-4-1-2-6-11(10)12/h1-9H,(H2,15,16,17). The summed E-state index contributed by atoms with van der Waals surface area (Å²) in [6, 6.07) is 16.3. The van der Waals surface area contributed by atoms with Gasteiger partial charge in [0.15, 0.2) is 0 Å². The molecule has 3 rings (SSSR count). The molecule has 3 aromatic rings. The summed E-state index contributed by atoms with van der Waals surface area (Å²) in [5, 5.41) is 2.37. The Morgan fingerprint density at radius 3 is 2.59 bits per heavy atom. The third-order valence-electron chi connectivity index (χ3n) is 2.74. The van der Waals surface area contributed by atoms with Gasteiger partial charge in [0, 0.05) is 11.8 Å². The molecule has 0 amide bonds. The molecule has 0 unspecified atom stereocenters. The third-order valence-corrected chi connectivity index (χ3v) is 2.74. The normalized spacial score (nSPS) is 10.6. The van der Waals surface area contributed by atoms with Crippen molar-refractivity contribution in [3.05, 3.63) is 54.7 Å². The zero-order valence-electron chi connectivity index (χ0n) is 9.17. The fraction of sp³-hybridized carbons (Fsp3) is 0. The fourth-order valence-electron chi connectivity index (χ4n) is 1.97. The van der Waals surface area contributed by atoms with Gasteiger partial charge in [0.05, 0.1) is 5.69 Å². The Bertz CT molecular complexity index is 672. The number of rotatable bonds is 1. The number of aromatic nitrogens is 2. The van der Waals surface area contributed by atoms with Crippen LogP contribution in [0.2, 0.25) is 0 Å².